The van der Waals surface area contributed by atoms with E-state index in [1.54, 1.807) is 6.26 Å². The van der Waals surface area contributed by atoms with Crippen LogP contribution in [0.1, 0.15) is 54.8 Å². The number of likely N-dealkylation sites (tertiary alicyclic amines) is 1. The molecular formula is C21H28N2O3. The van der Waals surface area contributed by atoms with Crippen LogP contribution in [0.2, 0.25) is 0 Å². The van der Waals surface area contributed by atoms with Crippen molar-refractivity contribution in [2.45, 2.75) is 38.6 Å². The van der Waals surface area contributed by atoms with Crippen LogP contribution in [0.15, 0.2) is 47.1 Å². The molecule has 1 N–H and O–H groups in total. The second kappa shape index (κ2) is 9.43. The van der Waals surface area contributed by atoms with Gasteiger partial charge in [0.1, 0.15) is 11.5 Å². The van der Waals surface area contributed by atoms with Crippen molar-refractivity contribution in [1.29, 1.82) is 0 Å². The van der Waals surface area contributed by atoms with Gasteiger partial charge in [-0.3, -0.25) is 9.69 Å². The zero-order valence-electron chi connectivity index (χ0n) is 15.4. The summed E-state index contributed by atoms with van der Waals surface area (Å²) in [5.41, 5.74) is 0.646. The van der Waals surface area contributed by atoms with Gasteiger partial charge in [0.15, 0.2) is 0 Å². The average molecular weight is 356 g/mol. The summed E-state index contributed by atoms with van der Waals surface area (Å²) in [7, 11) is 0. The number of furan rings is 1. The number of benzene rings is 1. The number of amides is 1. The Bertz CT molecular complexity index is 661. The van der Waals surface area contributed by atoms with Crippen molar-refractivity contribution in [2.24, 2.45) is 0 Å². The van der Waals surface area contributed by atoms with E-state index in [2.05, 4.69) is 17.1 Å². The molecule has 0 aliphatic carbocycles. The predicted molar refractivity (Wildman–Crippen MR) is 101 cm³/mol. The first-order chi connectivity index (χ1) is 12.8. The smallest absolute Gasteiger partial charge is 0.251 e. The molecule has 0 saturated carbocycles. The number of ether oxygens (including phenoxy) is 1. The largest absolute Gasteiger partial charge is 0.494 e. The Labute approximate surface area is 155 Å². The van der Waals surface area contributed by atoms with E-state index in [4.69, 9.17) is 9.15 Å². The molecule has 5 nitrogen and oxygen atoms in total. The van der Waals surface area contributed by atoms with E-state index in [0.29, 0.717) is 18.7 Å². The number of carbonyl (C=O) groups excluding carboxylic acids is 1. The molecule has 26 heavy (non-hydrogen) atoms. The first-order valence-electron chi connectivity index (χ1n) is 9.56. The topological polar surface area (TPSA) is 54.7 Å². The van der Waals surface area contributed by atoms with Gasteiger partial charge in [0.2, 0.25) is 0 Å². The van der Waals surface area contributed by atoms with Crippen LogP contribution in [-0.4, -0.2) is 37.0 Å². The summed E-state index contributed by atoms with van der Waals surface area (Å²) >= 11 is 0. The van der Waals surface area contributed by atoms with Crippen molar-refractivity contribution < 1.29 is 13.9 Å². The Morgan fingerprint density at radius 3 is 2.65 bits per heavy atom. The molecule has 1 atom stereocenters. The number of nitrogens with zero attached hydrogens (tertiary/aromatic N) is 1. The molecule has 1 aromatic carbocycles. The summed E-state index contributed by atoms with van der Waals surface area (Å²) in [5.74, 6) is 1.65. The van der Waals surface area contributed by atoms with Crippen LogP contribution in [-0.2, 0) is 0 Å². The number of hydrogen-bond acceptors (Lipinski definition) is 4. The van der Waals surface area contributed by atoms with Crippen molar-refractivity contribution in [3.8, 4) is 5.75 Å². The van der Waals surface area contributed by atoms with Crippen LogP contribution in [0.5, 0.6) is 5.75 Å². The molecule has 5 heteroatoms. The fourth-order valence-corrected chi connectivity index (χ4v) is 3.27. The van der Waals surface area contributed by atoms with Gasteiger partial charge in [-0.2, -0.15) is 0 Å². The highest BCUT2D eigenvalue weighted by Gasteiger charge is 2.26. The first kappa shape index (κ1) is 18.5. The van der Waals surface area contributed by atoms with Crippen molar-refractivity contribution in [2.75, 3.05) is 26.2 Å². The summed E-state index contributed by atoms with van der Waals surface area (Å²) in [4.78, 5) is 14.9. The highest BCUT2D eigenvalue weighted by Crippen LogP contribution is 2.25. The first-order valence-corrected chi connectivity index (χ1v) is 9.56. The maximum Gasteiger partial charge on any atom is 0.251 e. The van der Waals surface area contributed by atoms with E-state index < -0.39 is 0 Å². The van der Waals surface area contributed by atoms with E-state index in [1.807, 2.05) is 36.4 Å². The molecule has 1 fully saturated rings. The Balaban J connectivity index is 1.56. The quantitative estimate of drug-likeness (QED) is 0.689. The minimum atomic E-state index is -0.0686. The third kappa shape index (κ3) is 4.88. The lowest BCUT2D eigenvalue weighted by atomic mass is 10.1. The lowest BCUT2D eigenvalue weighted by Gasteiger charge is -2.26. The Morgan fingerprint density at radius 2 is 2.00 bits per heavy atom. The Hall–Kier alpha value is -2.27. The molecule has 1 aromatic heterocycles. The molecule has 0 radical (unpaired) electrons. The van der Waals surface area contributed by atoms with Gasteiger partial charge < -0.3 is 14.5 Å². The zero-order chi connectivity index (χ0) is 18.2. The molecule has 2 aromatic rings. The number of rotatable bonds is 9. The van der Waals surface area contributed by atoms with E-state index >= 15 is 0 Å². The van der Waals surface area contributed by atoms with Crippen LogP contribution in [0, 0.1) is 0 Å². The molecule has 1 aliphatic heterocycles. The van der Waals surface area contributed by atoms with Crippen LogP contribution in [0.25, 0.3) is 0 Å². The van der Waals surface area contributed by atoms with Gasteiger partial charge in [0, 0.05) is 12.1 Å². The molecule has 0 unspecified atom stereocenters. The summed E-state index contributed by atoms with van der Waals surface area (Å²) in [6.07, 6.45) is 6.23. The van der Waals surface area contributed by atoms with Crippen molar-refractivity contribution in [3.63, 3.8) is 0 Å². The van der Waals surface area contributed by atoms with E-state index in [-0.39, 0.29) is 11.9 Å². The second-order valence-electron chi connectivity index (χ2n) is 6.71. The predicted octanol–water partition coefficient (Wildman–Crippen LogP) is 4.03. The zero-order valence-corrected chi connectivity index (χ0v) is 15.4. The van der Waals surface area contributed by atoms with E-state index in [0.717, 1.165) is 37.4 Å². The van der Waals surface area contributed by atoms with E-state index in [9.17, 15) is 4.79 Å². The van der Waals surface area contributed by atoms with Gasteiger partial charge in [-0.15, -0.1) is 0 Å². The number of carbonyl (C=O) groups is 1. The molecule has 0 bridgehead atoms. The molecule has 140 valence electrons. The third-order valence-electron chi connectivity index (χ3n) is 4.79. The SMILES string of the molecule is CCCCOc1ccc(C(=O)NC[C@@H](c2ccco2)N2CCCC2)cc1. The maximum absolute atomic E-state index is 12.5. The molecular weight excluding hydrogens is 328 g/mol. The Kier molecular flexibility index (Phi) is 6.72. The molecule has 1 aliphatic rings. The van der Waals surface area contributed by atoms with Gasteiger partial charge in [0.25, 0.3) is 5.91 Å². The lowest BCUT2D eigenvalue weighted by Crippen LogP contribution is -2.36. The van der Waals surface area contributed by atoms with Gasteiger partial charge in [0.05, 0.1) is 18.9 Å². The van der Waals surface area contributed by atoms with Gasteiger partial charge >= 0.3 is 0 Å². The average Bonchev–Trinajstić information content (AvgIpc) is 3.37. The van der Waals surface area contributed by atoms with Gasteiger partial charge in [-0.1, -0.05) is 13.3 Å². The molecule has 1 saturated heterocycles. The second-order valence-corrected chi connectivity index (χ2v) is 6.71. The Morgan fingerprint density at radius 1 is 1.23 bits per heavy atom. The van der Waals surface area contributed by atoms with E-state index in [1.165, 1.54) is 12.8 Å². The molecule has 2 heterocycles. The number of hydrogen-bond donors (Lipinski definition) is 1. The third-order valence-corrected chi connectivity index (χ3v) is 4.79. The van der Waals surface area contributed by atoms with Gasteiger partial charge in [-0.05, 0) is 68.8 Å². The maximum atomic E-state index is 12.5. The fourth-order valence-electron chi connectivity index (χ4n) is 3.27. The monoisotopic (exact) mass is 356 g/mol. The summed E-state index contributed by atoms with van der Waals surface area (Å²) in [6.45, 7) is 5.48. The highest BCUT2D eigenvalue weighted by atomic mass is 16.5. The highest BCUT2D eigenvalue weighted by molar-refractivity contribution is 5.94. The summed E-state index contributed by atoms with van der Waals surface area (Å²) in [5, 5.41) is 3.05. The van der Waals surface area contributed by atoms with Crippen LogP contribution >= 0.6 is 0 Å². The minimum absolute atomic E-state index is 0.0686. The fraction of sp³-hybridized carbons (Fsp3) is 0.476. The lowest BCUT2D eigenvalue weighted by molar-refractivity contribution is 0.0933. The standard InChI is InChI=1S/C21H28N2O3/c1-2-3-14-25-18-10-8-17(9-11-18)21(24)22-16-19(20-7-6-15-26-20)23-12-4-5-13-23/h6-11,15,19H,2-5,12-14,16H2,1H3,(H,22,24)/t19-/m0/s1. The van der Waals surface area contributed by atoms with Crippen LogP contribution in [0.4, 0.5) is 0 Å². The minimum Gasteiger partial charge on any atom is -0.494 e. The molecule has 0 spiro atoms. The van der Waals surface area contributed by atoms with Crippen molar-refractivity contribution in [1.82, 2.24) is 10.2 Å². The number of nitrogens with one attached hydrogen (secondary N) is 1. The van der Waals surface area contributed by atoms with Crippen LogP contribution < -0.4 is 10.1 Å². The number of unbranched alkanes of at least 4 members (excludes halogenated alkanes) is 1. The summed E-state index contributed by atoms with van der Waals surface area (Å²) < 4.78 is 11.2. The van der Waals surface area contributed by atoms with Crippen LogP contribution in [0.3, 0.4) is 0 Å². The normalized spacial score (nSPS) is 15.7. The van der Waals surface area contributed by atoms with Crippen molar-refractivity contribution >= 4 is 5.91 Å². The van der Waals surface area contributed by atoms with Gasteiger partial charge in [-0.25, -0.2) is 0 Å². The van der Waals surface area contributed by atoms with Crippen molar-refractivity contribution in [3.05, 3.63) is 54.0 Å². The molecule has 3 rings (SSSR count). The molecule has 1 amide bonds. The summed E-state index contributed by atoms with van der Waals surface area (Å²) in [6, 6.07) is 11.3.